The molecule has 0 radical (unpaired) electrons. The van der Waals surface area contributed by atoms with Gasteiger partial charge in [-0.2, -0.15) is 11.3 Å². The van der Waals surface area contributed by atoms with E-state index in [1.165, 1.54) is 0 Å². The topological polar surface area (TPSA) is 42.2 Å². The Hall–Kier alpha value is -1.46. The molecule has 2 rings (SSSR count). The van der Waals surface area contributed by atoms with Crippen LogP contribution in [0.5, 0.6) is 0 Å². The summed E-state index contributed by atoms with van der Waals surface area (Å²) in [4.78, 5) is 5.85. The summed E-state index contributed by atoms with van der Waals surface area (Å²) in [5.41, 5.74) is 7.11. The lowest BCUT2D eigenvalue weighted by Gasteiger charge is -2.18. The number of halogens is 1. The van der Waals surface area contributed by atoms with Crippen molar-refractivity contribution in [3.8, 4) is 0 Å². The third-order valence-electron chi connectivity index (χ3n) is 2.53. The lowest BCUT2D eigenvalue weighted by atomic mass is 10.2. The van der Waals surface area contributed by atoms with Crippen LogP contribution in [-0.4, -0.2) is 12.0 Å². The van der Waals surface area contributed by atoms with Gasteiger partial charge >= 0.3 is 0 Å². The quantitative estimate of drug-likeness (QED) is 0.907. The standard InChI is InChI=1S/C12H14FN3S/c1-16(7-9-3-5-17-8-9)12-11(13)10(6-14)2-4-15-12/h2-5,8H,6-7,14H2,1H3. The molecule has 2 aromatic heterocycles. The predicted molar refractivity (Wildman–Crippen MR) is 68.5 cm³/mol. The van der Waals surface area contributed by atoms with Gasteiger partial charge in [0.05, 0.1) is 0 Å². The Morgan fingerprint density at radius 2 is 2.29 bits per heavy atom. The zero-order chi connectivity index (χ0) is 12.3. The fraction of sp³-hybridized carbons (Fsp3) is 0.250. The molecule has 17 heavy (non-hydrogen) atoms. The molecule has 0 spiro atoms. The van der Waals surface area contributed by atoms with Gasteiger partial charge < -0.3 is 10.6 Å². The van der Waals surface area contributed by atoms with Crippen LogP contribution in [0.4, 0.5) is 10.2 Å². The molecule has 2 aromatic rings. The van der Waals surface area contributed by atoms with E-state index in [0.29, 0.717) is 17.9 Å². The molecule has 0 saturated carbocycles. The molecule has 0 aliphatic heterocycles. The number of pyridine rings is 1. The fourth-order valence-corrected chi connectivity index (χ4v) is 2.29. The van der Waals surface area contributed by atoms with Crippen LogP contribution in [0.25, 0.3) is 0 Å². The summed E-state index contributed by atoms with van der Waals surface area (Å²) < 4.78 is 14.0. The summed E-state index contributed by atoms with van der Waals surface area (Å²) >= 11 is 1.63. The number of hydrogen-bond acceptors (Lipinski definition) is 4. The summed E-state index contributed by atoms with van der Waals surface area (Å²) in [6, 6.07) is 3.63. The van der Waals surface area contributed by atoms with Crippen molar-refractivity contribution in [2.45, 2.75) is 13.1 Å². The molecule has 0 atom stereocenters. The highest BCUT2D eigenvalue weighted by Gasteiger charge is 2.12. The Balaban J connectivity index is 2.22. The van der Waals surface area contributed by atoms with E-state index in [0.717, 1.165) is 5.56 Å². The highest BCUT2D eigenvalue weighted by Crippen LogP contribution is 2.20. The monoisotopic (exact) mass is 251 g/mol. The van der Waals surface area contributed by atoms with Gasteiger partial charge in [0.1, 0.15) is 0 Å². The first kappa shape index (κ1) is 12.0. The van der Waals surface area contributed by atoms with Crippen LogP contribution in [0.15, 0.2) is 29.1 Å². The summed E-state index contributed by atoms with van der Waals surface area (Å²) in [5, 5.41) is 4.05. The maximum atomic E-state index is 14.0. The lowest BCUT2D eigenvalue weighted by molar-refractivity contribution is 0.598. The normalized spacial score (nSPS) is 10.5. The van der Waals surface area contributed by atoms with Gasteiger partial charge in [-0.15, -0.1) is 0 Å². The van der Waals surface area contributed by atoms with E-state index in [4.69, 9.17) is 5.73 Å². The minimum atomic E-state index is -0.326. The zero-order valence-electron chi connectivity index (χ0n) is 9.56. The predicted octanol–water partition coefficient (Wildman–Crippen LogP) is 2.38. The maximum absolute atomic E-state index is 14.0. The van der Waals surface area contributed by atoms with Crippen molar-refractivity contribution in [3.05, 3.63) is 46.0 Å². The Labute approximate surface area is 104 Å². The van der Waals surface area contributed by atoms with Gasteiger partial charge in [-0.1, -0.05) is 0 Å². The van der Waals surface area contributed by atoms with E-state index in [1.54, 1.807) is 28.5 Å². The third kappa shape index (κ3) is 2.62. The second-order valence-electron chi connectivity index (χ2n) is 3.80. The first-order valence-electron chi connectivity index (χ1n) is 5.28. The maximum Gasteiger partial charge on any atom is 0.170 e. The Bertz CT molecular complexity index is 485. The number of rotatable bonds is 4. The van der Waals surface area contributed by atoms with E-state index in [1.807, 2.05) is 23.9 Å². The van der Waals surface area contributed by atoms with Gasteiger partial charge in [0.2, 0.25) is 0 Å². The van der Waals surface area contributed by atoms with Crippen molar-refractivity contribution < 1.29 is 4.39 Å². The average Bonchev–Trinajstić information content (AvgIpc) is 2.82. The van der Waals surface area contributed by atoms with Gasteiger partial charge in [-0.05, 0) is 28.5 Å². The van der Waals surface area contributed by atoms with Crippen molar-refractivity contribution in [3.63, 3.8) is 0 Å². The molecule has 3 nitrogen and oxygen atoms in total. The van der Waals surface area contributed by atoms with Crippen LogP contribution in [0, 0.1) is 5.82 Å². The summed E-state index contributed by atoms with van der Waals surface area (Å²) in [6.07, 6.45) is 1.59. The molecule has 0 aliphatic rings. The summed E-state index contributed by atoms with van der Waals surface area (Å²) in [5.74, 6) is 0.0203. The minimum Gasteiger partial charge on any atom is -0.353 e. The van der Waals surface area contributed by atoms with Crippen LogP contribution in [0.2, 0.25) is 0 Å². The van der Waals surface area contributed by atoms with Gasteiger partial charge in [-0.3, -0.25) is 0 Å². The highest BCUT2D eigenvalue weighted by atomic mass is 32.1. The highest BCUT2D eigenvalue weighted by molar-refractivity contribution is 7.07. The van der Waals surface area contributed by atoms with Crippen molar-refractivity contribution in [1.29, 1.82) is 0 Å². The molecule has 0 amide bonds. The van der Waals surface area contributed by atoms with Gasteiger partial charge in [0.25, 0.3) is 0 Å². The van der Waals surface area contributed by atoms with Crippen LogP contribution >= 0.6 is 11.3 Å². The van der Waals surface area contributed by atoms with Crippen LogP contribution in [0.1, 0.15) is 11.1 Å². The summed E-state index contributed by atoms with van der Waals surface area (Å²) in [7, 11) is 1.82. The molecule has 2 heterocycles. The summed E-state index contributed by atoms with van der Waals surface area (Å²) in [6.45, 7) is 0.828. The number of anilines is 1. The van der Waals surface area contributed by atoms with Crippen molar-refractivity contribution >= 4 is 17.2 Å². The smallest absolute Gasteiger partial charge is 0.170 e. The molecule has 0 bridgehead atoms. The van der Waals surface area contributed by atoms with E-state index < -0.39 is 0 Å². The molecule has 0 aromatic carbocycles. The van der Waals surface area contributed by atoms with E-state index in [2.05, 4.69) is 4.98 Å². The van der Waals surface area contributed by atoms with Crippen molar-refractivity contribution in [2.75, 3.05) is 11.9 Å². The third-order valence-corrected chi connectivity index (χ3v) is 3.26. The van der Waals surface area contributed by atoms with Gasteiger partial charge in [-0.25, -0.2) is 9.37 Å². The molecule has 0 saturated heterocycles. The Morgan fingerprint density at radius 1 is 1.47 bits per heavy atom. The van der Waals surface area contributed by atoms with Crippen molar-refractivity contribution in [1.82, 2.24) is 4.98 Å². The van der Waals surface area contributed by atoms with E-state index >= 15 is 0 Å². The lowest BCUT2D eigenvalue weighted by Crippen LogP contribution is -2.19. The fourth-order valence-electron chi connectivity index (χ4n) is 1.63. The second kappa shape index (κ2) is 5.25. The van der Waals surface area contributed by atoms with E-state index in [-0.39, 0.29) is 12.4 Å². The first-order chi connectivity index (χ1) is 8.22. The minimum absolute atomic E-state index is 0.188. The molecule has 0 fully saturated rings. The number of aromatic nitrogens is 1. The Morgan fingerprint density at radius 3 is 2.94 bits per heavy atom. The zero-order valence-corrected chi connectivity index (χ0v) is 10.4. The first-order valence-corrected chi connectivity index (χ1v) is 6.22. The SMILES string of the molecule is CN(Cc1ccsc1)c1nccc(CN)c1F. The molecule has 2 N–H and O–H groups in total. The number of thiophene rings is 1. The van der Waals surface area contributed by atoms with Crippen LogP contribution < -0.4 is 10.6 Å². The van der Waals surface area contributed by atoms with Gasteiger partial charge in [0.15, 0.2) is 11.6 Å². The number of nitrogens with two attached hydrogens (primary N) is 1. The second-order valence-corrected chi connectivity index (χ2v) is 4.58. The molecule has 90 valence electrons. The number of nitrogens with zero attached hydrogens (tertiary/aromatic N) is 2. The van der Waals surface area contributed by atoms with Crippen LogP contribution in [-0.2, 0) is 13.1 Å². The van der Waals surface area contributed by atoms with Crippen molar-refractivity contribution in [2.24, 2.45) is 5.73 Å². The van der Waals surface area contributed by atoms with E-state index in [9.17, 15) is 4.39 Å². The number of hydrogen-bond donors (Lipinski definition) is 1. The largest absolute Gasteiger partial charge is 0.353 e. The molecule has 5 heteroatoms. The van der Waals surface area contributed by atoms with Crippen LogP contribution in [0.3, 0.4) is 0 Å². The molecule has 0 unspecified atom stereocenters. The average molecular weight is 251 g/mol. The molecular weight excluding hydrogens is 237 g/mol. The Kier molecular flexibility index (Phi) is 3.71. The molecule has 0 aliphatic carbocycles. The molecular formula is C12H14FN3S. The van der Waals surface area contributed by atoms with Gasteiger partial charge in [0, 0.05) is 31.9 Å².